The molecule has 0 aliphatic heterocycles. The number of rotatable bonds is 0. The quantitative estimate of drug-likeness (QED) is 0.523. The molecule has 0 saturated heterocycles. The highest BCUT2D eigenvalue weighted by Crippen LogP contribution is 2.62. The maximum absolute atomic E-state index is 10.5. The van der Waals surface area contributed by atoms with Crippen LogP contribution in [0.3, 0.4) is 0 Å². The summed E-state index contributed by atoms with van der Waals surface area (Å²) >= 11 is 0. The van der Waals surface area contributed by atoms with Gasteiger partial charge in [-0.1, -0.05) is 18.6 Å². The molecule has 7 atom stereocenters. The second kappa shape index (κ2) is 4.88. The van der Waals surface area contributed by atoms with Gasteiger partial charge in [0, 0.05) is 5.92 Å². The zero-order chi connectivity index (χ0) is 14.6. The summed E-state index contributed by atoms with van der Waals surface area (Å²) in [5.74, 6) is 6.64. The van der Waals surface area contributed by atoms with E-state index in [-0.39, 0.29) is 11.5 Å². The Morgan fingerprint density at radius 2 is 2.05 bits per heavy atom. The van der Waals surface area contributed by atoms with E-state index in [9.17, 15) is 5.11 Å². The zero-order valence-corrected chi connectivity index (χ0v) is 13.2. The molecular weight excluding hydrogens is 256 g/mol. The van der Waals surface area contributed by atoms with Crippen LogP contribution in [0.4, 0.5) is 0 Å². The largest absolute Gasteiger partial charge is 0.393 e. The molecule has 21 heavy (non-hydrogen) atoms. The topological polar surface area (TPSA) is 20.2 Å². The maximum Gasteiger partial charge on any atom is 0.0596 e. The lowest BCUT2D eigenvalue weighted by atomic mass is 9.51. The number of allylic oxidation sites excluding steroid dienone is 2. The fourth-order valence-corrected chi connectivity index (χ4v) is 6.54. The first kappa shape index (κ1) is 13.9. The van der Waals surface area contributed by atoms with Crippen molar-refractivity contribution in [2.75, 3.05) is 0 Å². The van der Waals surface area contributed by atoms with Crippen LogP contribution in [-0.4, -0.2) is 11.2 Å². The van der Waals surface area contributed by atoms with E-state index in [0.717, 1.165) is 24.2 Å². The van der Waals surface area contributed by atoms with E-state index in [2.05, 4.69) is 18.9 Å². The van der Waals surface area contributed by atoms with Gasteiger partial charge in [0.25, 0.3) is 0 Å². The second-order valence-corrected chi connectivity index (χ2v) is 8.27. The van der Waals surface area contributed by atoms with Gasteiger partial charge in [0.15, 0.2) is 0 Å². The minimum atomic E-state index is -0.0600. The van der Waals surface area contributed by atoms with E-state index in [0.29, 0.717) is 11.8 Å². The van der Waals surface area contributed by atoms with E-state index in [1.807, 2.05) is 0 Å². The Labute approximate surface area is 129 Å². The molecule has 4 aliphatic rings. The Morgan fingerprint density at radius 1 is 1.19 bits per heavy atom. The Kier molecular flexibility index (Phi) is 3.23. The molecule has 4 rings (SSSR count). The Balaban J connectivity index is 1.66. The summed E-state index contributed by atoms with van der Waals surface area (Å²) in [6.45, 7) is 2.36. The van der Waals surface area contributed by atoms with Crippen molar-refractivity contribution in [2.24, 2.45) is 35.0 Å². The van der Waals surface area contributed by atoms with Crippen molar-refractivity contribution in [1.29, 1.82) is 0 Å². The number of hydrogen-bond donors (Lipinski definition) is 1. The number of aliphatic hydroxyl groups excluding tert-OH is 1. The minimum Gasteiger partial charge on any atom is -0.393 e. The van der Waals surface area contributed by atoms with Crippen LogP contribution in [0.2, 0.25) is 0 Å². The van der Waals surface area contributed by atoms with E-state index >= 15 is 0 Å². The van der Waals surface area contributed by atoms with Crippen molar-refractivity contribution in [1.82, 2.24) is 0 Å². The van der Waals surface area contributed by atoms with E-state index in [1.165, 1.54) is 44.9 Å². The lowest BCUT2D eigenvalue weighted by Gasteiger charge is -2.54. The SMILES string of the molecule is C#CC1CCC=C2CC[C@@H]3[C@H](CC[C@]4(C)[C@@H](O)CC[C@@H]34)C21. The predicted octanol–water partition coefficient (Wildman–Crippen LogP) is 4.17. The molecule has 1 N–H and O–H groups in total. The molecule has 0 aromatic carbocycles. The normalized spacial score (nSPS) is 52.1. The highest BCUT2D eigenvalue weighted by atomic mass is 16.3. The average Bonchev–Trinajstić information content (AvgIpc) is 2.82. The van der Waals surface area contributed by atoms with Gasteiger partial charge in [-0.05, 0) is 80.5 Å². The number of aliphatic hydroxyl groups is 1. The lowest BCUT2D eigenvalue weighted by Crippen LogP contribution is -2.48. The standard InChI is InChI=1S/C20H28O/c1-3-13-5-4-6-14-7-8-15-16(19(13)14)11-12-20(2)17(15)9-10-18(20)21/h1,6,13,15-19,21H,4-5,7-12H2,2H3/t13?,15-,16+,17+,18+,19?,20+/m1/s1. The molecule has 1 heteroatoms. The molecule has 0 bridgehead atoms. The molecule has 3 fully saturated rings. The van der Waals surface area contributed by atoms with Crippen molar-refractivity contribution in [3.05, 3.63) is 11.6 Å². The minimum absolute atomic E-state index is 0.0600. The van der Waals surface area contributed by atoms with Gasteiger partial charge in [-0.2, -0.15) is 0 Å². The van der Waals surface area contributed by atoms with Gasteiger partial charge in [0.2, 0.25) is 0 Å². The first-order chi connectivity index (χ1) is 10.1. The number of terminal acetylenes is 1. The molecular formula is C20H28O. The molecule has 0 amide bonds. The van der Waals surface area contributed by atoms with Crippen LogP contribution in [-0.2, 0) is 0 Å². The van der Waals surface area contributed by atoms with Gasteiger partial charge in [0.1, 0.15) is 0 Å². The molecule has 0 aromatic heterocycles. The summed E-state index contributed by atoms with van der Waals surface area (Å²) in [5.41, 5.74) is 1.88. The molecule has 3 saturated carbocycles. The molecule has 0 radical (unpaired) electrons. The van der Waals surface area contributed by atoms with Gasteiger partial charge in [-0.15, -0.1) is 12.3 Å². The highest BCUT2D eigenvalue weighted by Gasteiger charge is 2.56. The summed E-state index contributed by atoms with van der Waals surface area (Å²) in [6.07, 6.45) is 18.1. The average molecular weight is 284 g/mol. The van der Waals surface area contributed by atoms with Gasteiger partial charge in [-0.25, -0.2) is 0 Å². The third-order valence-electron chi connectivity index (χ3n) is 7.63. The van der Waals surface area contributed by atoms with Crippen LogP contribution in [0.1, 0.15) is 58.3 Å². The van der Waals surface area contributed by atoms with Crippen LogP contribution in [0.25, 0.3) is 0 Å². The van der Waals surface area contributed by atoms with E-state index in [4.69, 9.17) is 6.42 Å². The van der Waals surface area contributed by atoms with Crippen molar-refractivity contribution in [3.63, 3.8) is 0 Å². The summed E-state index contributed by atoms with van der Waals surface area (Å²) in [4.78, 5) is 0. The Bertz CT molecular complexity index is 498. The van der Waals surface area contributed by atoms with Crippen molar-refractivity contribution < 1.29 is 5.11 Å². The number of hydrogen-bond acceptors (Lipinski definition) is 1. The Morgan fingerprint density at radius 3 is 2.86 bits per heavy atom. The summed E-state index contributed by atoms with van der Waals surface area (Å²) in [7, 11) is 0. The van der Waals surface area contributed by atoms with Crippen LogP contribution in [0.15, 0.2) is 11.6 Å². The molecule has 0 heterocycles. The molecule has 4 aliphatic carbocycles. The molecule has 114 valence electrons. The first-order valence-electron chi connectivity index (χ1n) is 8.98. The van der Waals surface area contributed by atoms with Gasteiger partial charge < -0.3 is 5.11 Å². The lowest BCUT2D eigenvalue weighted by molar-refractivity contribution is -0.0569. The molecule has 0 spiro atoms. The van der Waals surface area contributed by atoms with Crippen molar-refractivity contribution in [3.8, 4) is 12.3 Å². The maximum atomic E-state index is 10.5. The van der Waals surface area contributed by atoms with Crippen LogP contribution in [0.5, 0.6) is 0 Å². The fourth-order valence-electron chi connectivity index (χ4n) is 6.54. The molecule has 1 nitrogen and oxygen atoms in total. The summed E-state index contributed by atoms with van der Waals surface area (Å²) in [6, 6.07) is 0. The van der Waals surface area contributed by atoms with Gasteiger partial charge >= 0.3 is 0 Å². The van der Waals surface area contributed by atoms with Crippen LogP contribution >= 0.6 is 0 Å². The summed E-state index contributed by atoms with van der Waals surface area (Å²) in [5, 5.41) is 10.5. The van der Waals surface area contributed by atoms with Gasteiger partial charge in [-0.3, -0.25) is 0 Å². The van der Waals surface area contributed by atoms with Crippen molar-refractivity contribution in [2.45, 2.75) is 64.4 Å². The zero-order valence-electron chi connectivity index (χ0n) is 13.2. The van der Waals surface area contributed by atoms with Crippen LogP contribution < -0.4 is 0 Å². The molecule has 2 unspecified atom stereocenters. The summed E-state index contributed by atoms with van der Waals surface area (Å²) < 4.78 is 0. The fraction of sp³-hybridized carbons (Fsp3) is 0.800. The van der Waals surface area contributed by atoms with E-state index in [1.54, 1.807) is 5.57 Å². The second-order valence-electron chi connectivity index (χ2n) is 8.27. The first-order valence-corrected chi connectivity index (χ1v) is 8.98. The van der Waals surface area contributed by atoms with Crippen LogP contribution in [0, 0.1) is 47.3 Å². The monoisotopic (exact) mass is 284 g/mol. The molecule has 0 aromatic rings. The highest BCUT2D eigenvalue weighted by molar-refractivity contribution is 5.23. The predicted molar refractivity (Wildman–Crippen MR) is 85.4 cm³/mol. The smallest absolute Gasteiger partial charge is 0.0596 e. The van der Waals surface area contributed by atoms with E-state index < -0.39 is 0 Å². The number of fused-ring (bicyclic) bond motifs is 5. The Hall–Kier alpha value is -0.740. The van der Waals surface area contributed by atoms with Crippen molar-refractivity contribution >= 4 is 0 Å². The van der Waals surface area contributed by atoms with Gasteiger partial charge in [0.05, 0.1) is 6.10 Å². The third-order valence-corrected chi connectivity index (χ3v) is 7.63. The third kappa shape index (κ3) is 1.88.